The van der Waals surface area contributed by atoms with Crippen molar-refractivity contribution in [3.05, 3.63) is 118 Å². The van der Waals surface area contributed by atoms with Crippen LogP contribution in [0.2, 0.25) is 0 Å². The predicted molar refractivity (Wildman–Crippen MR) is 162 cm³/mol. The summed E-state index contributed by atoms with van der Waals surface area (Å²) >= 11 is 0. The van der Waals surface area contributed by atoms with Gasteiger partial charge in [-0.3, -0.25) is 9.69 Å². The zero-order valence-electron chi connectivity index (χ0n) is 23.2. The molecule has 4 heterocycles. The molecule has 4 aromatic rings. The molecule has 2 saturated heterocycles. The van der Waals surface area contributed by atoms with Crippen LogP contribution < -0.4 is 20.5 Å². The maximum atomic E-state index is 12.4. The minimum Gasteiger partial charge on any atom is -0.456 e. The molecular weight excluding hydrogens is 512 g/mol. The van der Waals surface area contributed by atoms with E-state index in [1.54, 1.807) is 6.20 Å². The quantitative estimate of drug-likeness (QED) is 0.283. The van der Waals surface area contributed by atoms with Crippen LogP contribution in [0.15, 0.2) is 89.9 Å². The molecule has 7 nitrogen and oxygen atoms in total. The van der Waals surface area contributed by atoms with E-state index in [1.807, 2.05) is 12.1 Å². The van der Waals surface area contributed by atoms with Gasteiger partial charge in [0.05, 0.1) is 6.61 Å². The molecule has 210 valence electrons. The van der Waals surface area contributed by atoms with Crippen LogP contribution in [0.1, 0.15) is 41.2 Å². The third-order valence-corrected chi connectivity index (χ3v) is 8.54. The standard InChI is InChI=1S/C34H36N4O3/c39-34-30(10-5-15-35-34)38-18-19-40-32(23-38)29-9-4-8-25-20-26-21-28(11-12-31(26)41-33(25)29)36-27-13-16-37(17-14-27)22-24-6-2-1-3-7-24/h1-12,15,21,27,32,36H,13-14,16-20,22-23H2,(H,35,39). The third kappa shape index (κ3) is 5.60. The lowest BCUT2D eigenvalue weighted by Crippen LogP contribution is -2.41. The molecule has 2 N–H and O–H groups in total. The van der Waals surface area contributed by atoms with Crippen molar-refractivity contribution in [2.75, 3.05) is 43.0 Å². The summed E-state index contributed by atoms with van der Waals surface area (Å²) in [6.07, 6.45) is 4.59. The van der Waals surface area contributed by atoms with Crippen LogP contribution in [-0.2, 0) is 17.7 Å². The molecule has 1 unspecified atom stereocenters. The van der Waals surface area contributed by atoms with Crippen LogP contribution in [0.5, 0.6) is 11.5 Å². The molecule has 3 aromatic carbocycles. The summed E-state index contributed by atoms with van der Waals surface area (Å²) in [7, 11) is 0. The zero-order chi connectivity index (χ0) is 27.6. The normalized spacial score (nSPS) is 19.2. The number of hydrogen-bond donors (Lipinski definition) is 2. The molecule has 2 fully saturated rings. The number of H-pyrrole nitrogens is 1. The van der Waals surface area contributed by atoms with Gasteiger partial charge in [0.1, 0.15) is 23.3 Å². The van der Waals surface area contributed by atoms with E-state index < -0.39 is 0 Å². The summed E-state index contributed by atoms with van der Waals surface area (Å²) in [5, 5.41) is 3.79. The number of likely N-dealkylation sites (tertiary alicyclic amines) is 1. The molecule has 0 spiro atoms. The van der Waals surface area contributed by atoms with E-state index in [-0.39, 0.29) is 11.7 Å². The Morgan fingerprint density at radius 1 is 0.902 bits per heavy atom. The number of fused-ring (bicyclic) bond motifs is 2. The van der Waals surface area contributed by atoms with E-state index in [1.165, 1.54) is 16.7 Å². The van der Waals surface area contributed by atoms with Crippen molar-refractivity contribution < 1.29 is 9.47 Å². The van der Waals surface area contributed by atoms with Gasteiger partial charge in [-0.05, 0) is 54.3 Å². The number of anilines is 2. The van der Waals surface area contributed by atoms with Crippen LogP contribution in [0.25, 0.3) is 0 Å². The summed E-state index contributed by atoms with van der Waals surface area (Å²) in [6, 6.07) is 27.8. The molecule has 3 aliphatic heterocycles. The smallest absolute Gasteiger partial charge is 0.271 e. The van der Waals surface area contributed by atoms with Gasteiger partial charge in [0.25, 0.3) is 5.56 Å². The van der Waals surface area contributed by atoms with Gasteiger partial charge in [0.2, 0.25) is 0 Å². The first-order valence-corrected chi connectivity index (χ1v) is 14.7. The highest BCUT2D eigenvalue weighted by Gasteiger charge is 2.29. The molecule has 0 aliphatic carbocycles. The first-order chi connectivity index (χ1) is 20.2. The van der Waals surface area contributed by atoms with Crippen LogP contribution >= 0.6 is 0 Å². The molecular formula is C34H36N4O3. The van der Waals surface area contributed by atoms with E-state index in [0.717, 1.165) is 61.6 Å². The lowest BCUT2D eigenvalue weighted by molar-refractivity contribution is 0.0383. The predicted octanol–water partition coefficient (Wildman–Crippen LogP) is 5.73. The molecule has 41 heavy (non-hydrogen) atoms. The fourth-order valence-corrected chi connectivity index (χ4v) is 6.37. The first kappa shape index (κ1) is 25.9. The van der Waals surface area contributed by atoms with Gasteiger partial charge in [0, 0.05) is 68.2 Å². The molecule has 3 aliphatic rings. The average Bonchev–Trinajstić information content (AvgIpc) is 3.01. The van der Waals surface area contributed by atoms with Gasteiger partial charge in [-0.2, -0.15) is 0 Å². The lowest BCUT2D eigenvalue weighted by atomic mass is 9.95. The minimum absolute atomic E-state index is 0.0735. The number of morpholine rings is 1. The van der Waals surface area contributed by atoms with Crippen molar-refractivity contribution in [1.82, 2.24) is 9.88 Å². The molecule has 1 atom stereocenters. The highest BCUT2D eigenvalue weighted by Crippen LogP contribution is 2.43. The number of piperidine rings is 1. The summed E-state index contributed by atoms with van der Waals surface area (Å²) in [6.45, 7) is 5.09. The summed E-state index contributed by atoms with van der Waals surface area (Å²) in [4.78, 5) is 19.8. The molecule has 7 heteroatoms. The van der Waals surface area contributed by atoms with Gasteiger partial charge < -0.3 is 24.7 Å². The van der Waals surface area contributed by atoms with Crippen LogP contribution in [-0.4, -0.2) is 48.7 Å². The van der Waals surface area contributed by atoms with Crippen molar-refractivity contribution in [2.45, 2.75) is 38.0 Å². The molecule has 0 radical (unpaired) electrons. The van der Waals surface area contributed by atoms with Crippen LogP contribution in [0.3, 0.4) is 0 Å². The van der Waals surface area contributed by atoms with Crippen molar-refractivity contribution in [1.29, 1.82) is 0 Å². The number of para-hydroxylation sites is 1. The monoisotopic (exact) mass is 548 g/mol. The SMILES string of the molecule is O=c1[nH]cccc1N1CCOC(c2cccc3c2Oc2ccc(NC4CCN(Cc5ccccc5)CC4)cc2C3)C1. The number of aromatic amines is 1. The van der Waals surface area contributed by atoms with E-state index in [2.05, 4.69) is 86.8 Å². The summed E-state index contributed by atoms with van der Waals surface area (Å²) in [5.41, 5.74) is 6.55. The van der Waals surface area contributed by atoms with Gasteiger partial charge in [0.15, 0.2) is 0 Å². The Bertz CT molecular complexity index is 1560. The largest absolute Gasteiger partial charge is 0.456 e. The minimum atomic E-state index is -0.173. The summed E-state index contributed by atoms with van der Waals surface area (Å²) < 4.78 is 12.7. The number of ether oxygens (including phenoxy) is 2. The van der Waals surface area contributed by atoms with Gasteiger partial charge in [-0.25, -0.2) is 0 Å². The Morgan fingerprint density at radius 3 is 2.63 bits per heavy atom. The molecule has 1 aromatic heterocycles. The van der Waals surface area contributed by atoms with Gasteiger partial charge in [-0.15, -0.1) is 0 Å². The number of aromatic nitrogens is 1. The second kappa shape index (κ2) is 11.4. The third-order valence-electron chi connectivity index (χ3n) is 8.54. The van der Waals surface area contributed by atoms with Crippen molar-refractivity contribution in [3.8, 4) is 11.5 Å². The van der Waals surface area contributed by atoms with Crippen LogP contribution in [0.4, 0.5) is 11.4 Å². The Hall–Kier alpha value is -4.07. The van der Waals surface area contributed by atoms with Crippen molar-refractivity contribution in [3.63, 3.8) is 0 Å². The number of nitrogens with zero attached hydrogens (tertiary/aromatic N) is 2. The highest BCUT2D eigenvalue weighted by molar-refractivity contribution is 5.59. The number of pyridine rings is 1. The Balaban J connectivity index is 1.01. The van der Waals surface area contributed by atoms with Crippen molar-refractivity contribution >= 4 is 11.4 Å². The fraction of sp³-hybridized carbons (Fsp3) is 0.324. The maximum absolute atomic E-state index is 12.4. The number of rotatable bonds is 6. The van der Waals surface area contributed by atoms with E-state index >= 15 is 0 Å². The maximum Gasteiger partial charge on any atom is 0.271 e. The fourth-order valence-electron chi connectivity index (χ4n) is 6.37. The summed E-state index contributed by atoms with van der Waals surface area (Å²) in [5.74, 6) is 1.79. The molecule has 0 bridgehead atoms. The highest BCUT2D eigenvalue weighted by atomic mass is 16.5. The molecule has 7 rings (SSSR count). The number of benzene rings is 3. The van der Waals surface area contributed by atoms with Gasteiger partial charge >= 0.3 is 0 Å². The van der Waals surface area contributed by atoms with Gasteiger partial charge in [-0.1, -0.05) is 48.5 Å². The Morgan fingerprint density at radius 2 is 1.78 bits per heavy atom. The molecule has 0 amide bonds. The van der Waals surface area contributed by atoms with E-state index in [0.29, 0.717) is 31.4 Å². The van der Waals surface area contributed by atoms with Crippen molar-refractivity contribution in [2.24, 2.45) is 0 Å². The van der Waals surface area contributed by atoms with E-state index in [9.17, 15) is 4.79 Å². The zero-order valence-corrected chi connectivity index (χ0v) is 23.2. The second-order valence-electron chi connectivity index (χ2n) is 11.3. The first-order valence-electron chi connectivity index (χ1n) is 14.7. The lowest BCUT2D eigenvalue weighted by Gasteiger charge is -2.35. The topological polar surface area (TPSA) is 69.8 Å². The number of nitrogens with one attached hydrogen (secondary N) is 2. The van der Waals surface area contributed by atoms with Crippen LogP contribution in [0, 0.1) is 0 Å². The Kier molecular flexibility index (Phi) is 7.21. The second-order valence-corrected chi connectivity index (χ2v) is 11.3. The Labute approximate surface area is 240 Å². The molecule has 0 saturated carbocycles. The average molecular weight is 549 g/mol. The number of hydrogen-bond acceptors (Lipinski definition) is 6. The van der Waals surface area contributed by atoms with E-state index in [4.69, 9.17) is 9.47 Å².